The van der Waals surface area contributed by atoms with Crippen molar-refractivity contribution in [1.82, 2.24) is 10.3 Å². The van der Waals surface area contributed by atoms with E-state index in [0.717, 1.165) is 5.56 Å². The molecular formula is C16H19ClN2O2. The summed E-state index contributed by atoms with van der Waals surface area (Å²) >= 11 is 5.99. The lowest BCUT2D eigenvalue weighted by Gasteiger charge is -2.17. The van der Waals surface area contributed by atoms with Crippen LogP contribution in [0.15, 0.2) is 30.5 Å². The van der Waals surface area contributed by atoms with Gasteiger partial charge in [-0.2, -0.15) is 0 Å². The van der Waals surface area contributed by atoms with Gasteiger partial charge in [-0.25, -0.2) is 0 Å². The van der Waals surface area contributed by atoms with Crippen LogP contribution < -0.4 is 5.32 Å². The van der Waals surface area contributed by atoms with Gasteiger partial charge in [0.25, 0.3) is 0 Å². The Balaban J connectivity index is 2.14. The lowest BCUT2D eigenvalue weighted by atomic mass is 10.1. The molecule has 0 radical (unpaired) electrons. The van der Waals surface area contributed by atoms with E-state index in [0.29, 0.717) is 28.4 Å². The van der Waals surface area contributed by atoms with Gasteiger partial charge >= 0.3 is 0 Å². The first-order valence-electron chi connectivity index (χ1n) is 6.79. The van der Waals surface area contributed by atoms with E-state index < -0.39 is 0 Å². The Morgan fingerprint density at radius 1 is 1.38 bits per heavy atom. The van der Waals surface area contributed by atoms with Crippen LogP contribution in [0.5, 0.6) is 5.75 Å². The van der Waals surface area contributed by atoms with Gasteiger partial charge in [0.15, 0.2) is 0 Å². The number of aryl methyl sites for hydroxylation is 1. The van der Waals surface area contributed by atoms with Gasteiger partial charge in [0.05, 0.1) is 12.3 Å². The minimum Gasteiger partial charge on any atom is -0.506 e. The molecule has 0 fully saturated rings. The van der Waals surface area contributed by atoms with Crippen LogP contribution in [0, 0.1) is 6.92 Å². The first-order valence-corrected chi connectivity index (χ1v) is 7.16. The van der Waals surface area contributed by atoms with E-state index in [-0.39, 0.29) is 18.4 Å². The second kappa shape index (κ2) is 6.89. The summed E-state index contributed by atoms with van der Waals surface area (Å²) in [6.45, 7) is 4.05. The van der Waals surface area contributed by atoms with E-state index in [4.69, 9.17) is 11.6 Å². The molecule has 2 rings (SSSR count). The minimum atomic E-state index is -0.149. The van der Waals surface area contributed by atoms with Crippen molar-refractivity contribution in [2.24, 2.45) is 0 Å². The number of hydrogen-bond acceptors (Lipinski definition) is 4. The molecular weight excluding hydrogens is 288 g/mol. The van der Waals surface area contributed by atoms with E-state index in [1.807, 2.05) is 31.2 Å². The number of nitrogens with zero attached hydrogens (tertiary/aromatic N) is 1. The van der Waals surface area contributed by atoms with Gasteiger partial charge in [0.1, 0.15) is 5.75 Å². The molecule has 5 heteroatoms. The number of pyridine rings is 1. The first-order chi connectivity index (χ1) is 10.0. The van der Waals surface area contributed by atoms with Gasteiger partial charge in [-0.15, -0.1) is 0 Å². The van der Waals surface area contributed by atoms with Gasteiger partial charge in [0, 0.05) is 34.9 Å². The zero-order chi connectivity index (χ0) is 15.4. The first kappa shape index (κ1) is 15.8. The number of aromatic hydroxyl groups is 1. The van der Waals surface area contributed by atoms with Crippen LogP contribution in [0.1, 0.15) is 35.3 Å². The molecule has 2 aromatic rings. The Labute approximate surface area is 129 Å². The molecule has 112 valence electrons. The fourth-order valence-corrected chi connectivity index (χ4v) is 2.37. The molecule has 1 aromatic carbocycles. The van der Waals surface area contributed by atoms with Gasteiger partial charge in [-0.1, -0.05) is 23.7 Å². The minimum absolute atomic E-state index is 0.0723. The highest BCUT2D eigenvalue weighted by atomic mass is 35.5. The molecule has 0 unspecified atom stereocenters. The third kappa shape index (κ3) is 3.73. The van der Waals surface area contributed by atoms with E-state index in [2.05, 4.69) is 10.3 Å². The van der Waals surface area contributed by atoms with Gasteiger partial charge < -0.3 is 15.5 Å². The smallest absolute Gasteiger partial charge is 0.141 e. The molecule has 3 N–H and O–H groups in total. The van der Waals surface area contributed by atoms with Crippen molar-refractivity contribution in [3.63, 3.8) is 0 Å². The maximum atomic E-state index is 10.1. The summed E-state index contributed by atoms with van der Waals surface area (Å²) in [5.74, 6) is 0.132. The maximum Gasteiger partial charge on any atom is 0.141 e. The lowest BCUT2D eigenvalue weighted by Crippen LogP contribution is -2.19. The zero-order valence-electron chi connectivity index (χ0n) is 12.1. The molecule has 0 saturated heterocycles. The van der Waals surface area contributed by atoms with Crippen molar-refractivity contribution in [2.75, 3.05) is 0 Å². The highest BCUT2D eigenvalue weighted by molar-refractivity contribution is 6.30. The number of hydrogen-bond donors (Lipinski definition) is 3. The summed E-state index contributed by atoms with van der Waals surface area (Å²) < 4.78 is 0. The molecule has 0 aliphatic carbocycles. The topological polar surface area (TPSA) is 65.4 Å². The summed E-state index contributed by atoms with van der Waals surface area (Å²) in [6.07, 6.45) is 1.59. The predicted octanol–water partition coefficient (Wildman–Crippen LogP) is 3.09. The van der Waals surface area contributed by atoms with Crippen molar-refractivity contribution >= 4 is 11.6 Å². The number of benzene rings is 1. The monoisotopic (exact) mass is 306 g/mol. The van der Waals surface area contributed by atoms with Crippen LogP contribution in [-0.4, -0.2) is 15.2 Å². The molecule has 1 atom stereocenters. The number of aliphatic hydroxyl groups excluding tert-OH is 1. The van der Waals surface area contributed by atoms with Crippen LogP contribution in [0.4, 0.5) is 0 Å². The molecule has 4 nitrogen and oxygen atoms in total. The van der Waals surface area contributed by atoms with Crippen molar-refractivity contribution in [3.8, 4) is 5.75 Å². The highest BCUT2D eigenvalue weighted by Gasteiger charge is 2.13. The van der Waals surface area contributed by atoms with E-state index in [9.17, 15) is 10.2 Å². The molecule has 21 heavy (non-hydrogen) atoms. The van der Waals surface area contributed by atoms with Crippen molar-refractivity contribution in [2.45, 2.75) is 33.0 Å². The molecule has 0 aliphatic rings. The third-order valence-corrected chi connectivity index (χ3v) is 3.77. The number of halogens is 1. The predicted molar refractivity (Wildman–Crippen MR) is 83.3 cm³/mol. The number of nitrogens with one attached hydrogen (secondary N) is 1. The van der Waals surface area contributed by atoms with Crippen LogP contribution >= 0.6 is 11.6 Å². The Morgan fingerprint density at radius 3 is 2.81 bits per heavy atom. The van der Waals surface area contributed by atoms with E-state index in [1.165, 1.54) is 0 Å². The Hall–Kier alpha value is -1.62. The standard InChI is InChI=1S/C16H19ClN2O2/c1-10(12-4-3-5-14(17)6-12)19-8-15-13(9-20)7-18-11(2)16(15)21/h3-7,10,19-21H,8-9H2,1-2H3/t10-/m0/s1. The fraction of sp³-hybridized carbons (Fsp3) is 0.312. The molecule has 0 saturated carbocycles. The summed E-state index contributed by atoms with van der Waals surface area (Å²) in [5.41, 5.74) is 2.93. The quantitative estimate of drug-likeness (QED) is 0.794. The van der Waals surface area contributed by atoms with Crippen molar-refractivity contribution in [3.05, 3.63) is 57.9 Å². The molecule has 1 aromatic heterocycles. The van der Waals surface area contributed by atoms with Crippen molar-refractivity contribution in [1.29, 1.82) is 0 Å². The molecule has 0 bridgehead atoms. The molecule has 0 spiro atoms. The van der Waals surface area contributed by atoms with Gasteiger partial charge in [-0.05, 0) is 31.5 Å². The molecule has 1 heterocycles. The summed E-state index contributed by atoms with van der Waals surface area (Å²) in [4.78, 5) is 4.05. The number of aromatic nitrogens is 1. The largest absolute Gasteiger partial charge is 0.506 e. The lowest BCUT2D eigenvalue weighted by molar-refractivity contribution is 0.278. The normalized spacial score (nSPS) is 12.4. The second-order valence-corrected chi connectivity index (χ2v) is 5.45. The van der Waals surface area contributed by atoms with Crippen LogP contribution in [0.3, 0.4) is 0 Å². The van der Waals surface area contributed by atoms with Crippen LogP contribution in [0.25, 0.3) is 0 Å². The Bertz CT molecular complexity index is 632. The molecule has 0 aliphatic heterocycles. The number of aliphatic hydroxyl groups is 1. The fourth-order valence-electron chi connectivity index (χ4n) is 2.17. The average Bonchev–Trinajstić information content (AvgIpc) is 2.48. The SMILES string of the molecule is Cc1ncc(CO)c(CN[C@@H](C)c2cccc(Cl)c2)c1O. The highest BCUT2D eigenvalue weighted by Crippen LogP contribution is 2.25. The third-order valence-electron chi connectivity index (χ3n) is 3.53. The Kier molecular flexibility index (Phi) is 5.17. The summed E-state index contributed by atoms with van der Waals surface area (Å²) in [7, 11) is 0. The number of rotatable bonds is 5. The van der Waals surface area contributed by atoms with Crippen molar-refractivity contribution < 1.29 is 10.2 Å². The second-order valence-electron chi connectivity index (χ2n) is 5.01. The average molecular weight is 307 g/mol. The van der Waals surface area contributed by atoms with E-state index in [1.54, 1.807) is 13.1 Å². The summed E-state index contributed by atoms with van der Waals surface area (Å²) in [6, 6.07) is 7.71. The Morgan fingerprint density at radius 2 is 2.14 bits per heavy atom. The van der Waals surface area contributed by atoms with E-state index >= 15 is 0 Å². The van der Waals surface area contributed by atoms with Gasteiger partial charge in [-0.3, -0.25) is 4.98 Å². The van der Waals surface area contributed by atoms with Gasteiger partial charge in [0.2, 0.25) is 0 Å². The molecule has 0 amide bonds. The zero-order valence-corrected chi connectivity index (χ0v) is 12.9. The van der Waals surface area contributed by atoms with Crippen LogP contribution in [-0.2, 0) is 13.2 Å². The maximum absolute atomic E-state index is 10.1. The summed E-state index contributed by atoms with van der Waals surface area (Å²) in [5, 5.41) is 23.5. The van der Waals surface area contributed by atoms with Crippen LogP contribution in [0.2, 0.25) is 5.02 Å².